The molecule has 2 N–H and O–H groups in total. The second-order valence-electron chi connectivity index (χ2n) is 4.80. The van der Waals surface area contributed by atoms with Crippen molar-refractivity contribution in [2.75, 3.05) is 12.3 Å². The minimum atomic E-state index is -0.295. The van der Waals surface area contributed by atoms with Gasteiger partial charge in [0.05, 0.1) is 18.3 Å². The molecule has 0 spiro atoms. The van der Waals surface area contributed by atoms with E-state index in [4.69, 9.17) is 5.73 Å². The number of hydrogen-bond acceptors (Lipinski definition) is 3. The molecule has 1 aromatic heterocycles. The number of anilines is 1. The lowest BCUT2D eigenvalue weighted by molar-refractivity contribution is -0.130. The average molecular weight is 287 g/mol. The number of carbonyl (C=O) groups excluding carboxylic acids is 1. The third-order valence-corrected chi connectivity index (χ3v) is 3.18. The molecule has 0 aliphatic carbocycles. The first-order valence-corrected chi connectivity index (χ1v) is 6.81. The van der Waals surface area contributed by atoms with Crippen molar-refractivity contribution in [3.8, 4) is 0 Å². The van der Waals surface area contributed by atoms with Crippen LogP contribution in [-0.4, -0.2) is 22.3 Å². The van der Waals surface area contributed by atoms with Gasteiger partial charge in [-0.1, -0.05) is 12.1 Å². The lowest BCUT2D eigenvalue weighted by Gasteiger charge is -2.21. The van der Waals surface area contributed by atoms with Crippen LogP contribution in [0.25, 0.3) is 0 Å². The van der Waals surface area contributed by atoms with Crippen molar-refractivity contribution in [3.63, 3.8) is 0 Å². The summed E-state index contributed by atoms with van der Waals surface area (Å²) >= 11 is 0. The maximum absolute atomic E-state index is 13.2. The molecule has 1 heterocycles. The zero-order valence-corrected chi connectivity index (χ0v) is 11.9. The van der Waals surface area contributed by atoms with Crippen LogP contribution in [0.3, 0.4) is 0 Å². The van der Waals surface area contributed by atoms with E-state index in [0.29, 0.717) is 24.5 Å². The Hall–Kier alpha value is -2.43. The highest BCUT2D eigenvalue weighted by atomic mass is 19.1. The number of aromatic nitrogens is 1. The second-order valence-corrected chi connectivity index (χ2v) is 4.80. The molecule has 110 valence electrons. The van der Waals surface area contributed by atoms with Crippen LogP contribution in [0.15, 0.2) is 42.6 Å². The van der Waals surface area contributed by atoms with E-state index < -0.39 is 0 Å². The van der Waals surface area contributed by atoms with Gasteiger partial charge in [-0.2, -0.15) is 0 Å². The predicted octanol–water partition coefficient (Wildman–Crippen LogP) is 2.39. The monoisotopic (exact) mass is 287 g/mol. The molecule has 0 radical (unpaired) electrons. The molecular formula is C16H18FN3O. The Labute approximate surface area is 123 Å². The lowest BCUT2D eigenvalue weighted by Crippen LogP contribution is -2.31. The predicted molar refractivity (Wildman–Crippen MR) is 79.8 cm³/mol. The zero-order valence-electron chi connectivity index (χ0n) is 11.9. The van der Waals surface area contributed by atoms with Crippen LogP contribution in [0.4, 0.5) is 10.1 Å². The van der Waals surface area contributed by atoms with E-state index in [1.807, 2.05) is 6.92 Å². The van der Waals surface area contributed by atoms with Gasteiger partial charge < -0.3 is 10.6 Å². The number of nitrogen functional groups attached to an aromatic ring is 1. The van der Waals surface area contributed by atoms with Crippen LogP contribution in [0.5, 0.6) is 0 Å². The van der Waals surface area contributed by atoms with E-state index in [2.05, 4.69) is 4.98 Å². The number of amides is 1. The molecule has 1 aromatic carbocycles. The minimum absolute atomic E-state index is 0.0426. The van der Waals surface area contributed by atoms with E-state index in [1.54, 1.807) is 29.2 Å². The Morgan fingerprint density at radius 3 is 2.76 bits per heavy atom. The number of hydrogen-bond donors (Lipinski definition) is 1. The smallest absolute Gasteiger partial charge is 0.228 e. The van der Waals surface area contributed by atoms with E-state index >= 15 is 0 Å². The third kappa shape index (κ3) is 4.27. The van der Waals surface area contributed by atoms with Crippen molar-refractivity contribution in [2.45, 2.75) is 19.9 Å². The Morgan fingerprint density at radius 2 is 2.14 bits per heavy atom. The highest BCUT2D eigenvalue weighted by molar-refractivity contribution is 5.78. The topological polar surface area (TPSA) is 59.2 Å². The molecular weight excluding hydrogens is 269 g/mol. The highest BCUT2D eigenvalue weighted by Crippen LogP contribution is 2.10. The summed E-state index contributed by atoms with van der Waals surface area (Å²) < 4.78 is 13.2. The number of rotatable bonds is 5. The van der Waals surface area contributed by atoms with Gasteiger partial charge in [0.15, 0.2) is 0 Å². The highest BCUT2D eigenvalue weighted by Gasteiger charge is 2.13. The number of nitrogens with two attached hydrogens (primary N) is 1. The molecule has 0 atom stereocenters. The molecule has 0 aliphatic rings. The number of pyridine rings is 1. The van der Waals surface area contributed by atoms with Gasteiger partial charge in [-0.3, -0.25) is 9.78 Å². The first-order valence-electron chi connectivity index (χ1n) is 6.81. The Balaban J connectivity index is 2.03. The molecule has 1 amide bonds. The van der Waals surface area contributed by atoms with Gasteiger partial charge in [0.2, 0.25) is 5.91 Å². The van der Waals surface area contributed by atoms with Crippen molar-refractivity contribution in [1.82, 2.24) is 9.88 Å². The van der Waals surface area contributed by atoms with Crippen LogP contribution in [-0.2, 0) is 17.8 Å². The summed E-state index contributed by atoms with van der Waals surface area (Å²) in [6.07, 6.45) is 1.74. The fourth-order valence-corrected chi connectivity index (χ4v) is 2.04. The number of benzene rings is 1. The van der Waals surface area contributed by atoms with E-state index in [9.17, 15) is 9.18 Å². The number of likely N-dealkylation sites (N-methyl/N-ethyl adjacent to an activating group) is 1. The fourth-order valence-electron chi connectivity index (χ4n) is 2.04. The fraction of sp³-hybridized carbons (Fsp3) is 0.250. The van der Waals surface area contributed by atoms with E-state index in [0.717, 1.165) is 5.56 Å². The van der Waals surface area contributed by atoms with Gasteiger partial charge in [-0.15, -0.1) is 0 Å². The summed E-state index contributed by atoms with van der Waals surface area (Å²) in [6, 6.07) is 9.74. The maximum atomic E-state index is 13.2. The maximum Gasteiger partial charge on any atom is 0.228 e. The van der Waals surface area contributed by atoms with Gasteiger partial charge in [0, 0.05) is 18.8 Å². The van der Waals surface area contributed by atoms with E-state index in [1.165, 1.54) is 18.3 Å². The standard InChI is InChI=1S/C16H18FN3O/c1-2-20(11-12-4-3-5-13(17)8-12)16(21)9-15-7-6-14(18)10-19-15/h3-8,10H,2,9,11,18H2,1H3. The summed E-state index contributed by atoms with van der Waals surface area (Å²) in [5, 5.41) is 0. The van der Waals surface area contributed by atoms with Gasteiger partial charge in [-0.25, -0.2) is 4.39 Å². The molecule has 0 bridgehead atoms. The number of carbonyl (C=O) groups is 1. The van der Waals surface area contributed by atoms with Crippen molar-refractivity contribution in [3.05, 3.63) is 59.7 Å². The van der Waals surface area contributed by atoms with Crippen LogP contribution in [0.2, 0.25) is 0 Å². The molecule has 0 fully saturated rings. The molecule has 0 saturated heterocycles. The Kier molecular flexibility index (Phi) is 4.87. The van der Waals surface area contributed by atoms with Crippen LogP contribution in [0.1, 0.15) is 18.2 Å². The van der Waals surface area contributed by atoms with Gasteiger partial charge in [0.1, 0.15) is 5.82 Å². The summed E-state index contributed by atoms with van der Waals surface area (Å²) in [7, 11) is 0. The molecule has 2 rings (SSSR count). The molecule has 0 unspecified atom stereocenters. The SMILES string of the molecule is CCN(Cc1cccc(F)c1)C(=O)Cc1ccc(N)cn1. The lowest BCUT2D eigenvalue weighted by atomic mass is 10.2. The molecule has 2 aromatic rings. The van der Waals surface area contributed by atoms with Crippen molar-refractivity contribution < 1.29 is 9.18 Å². The second kappa shape index (κ2) is 6.83. The molecule has 4 nitrogen and oxygen atoms in total. The van der Waals surface area contributed by atoms with Crippen LogP contribution in [0, 0.1) is 5.82 Å². The third-order valence-electron chi connectivity index (χ3n) is 3.18. The van der Waals surface area contributed by atoms with Gasteiger partial charge in [-0.05, 0) is 36.8 Å². The minimum Gasteiger partial charge on any atom is -0.397 e. The number of nitrogens with zero attached hydrogens (tertiary/aromatic N) is 2. The van der Waals surface area contributed by atoms with Crippen molar-refractivity contribution in [2.24, 2.45) is 0 Å². The van der Waals surface area contributed by atoms with Gasteiger partial charge >= 0.3 is 0 Å². The Morgan fingerprint density at radius 1 is 1.33 bits per heavy atom. The zero-order chi connectivity index (χ0) is 15.2. The van der Waals surface area contributed by atoms with Crippen LogP contribution >= 0.6 is 0 Å². The normalized spacial score (nSPS) is 10.4. The summed E-state index contributed by atoms with van der Waals surface area (Å²) in [4.78, 5) is 18.1. The summed E-state index contributed by atoms with van der Waals surface area (Å²) in [6.45, 7) is 2.85. The van der Waals surface area contributed by atoms with Crippen molar-refractivity contribution in [1.29, 1.82) is 0 Å². The molecule has 0 saturated carbocycles. The molecule has 21 heavy (non-hydrogen) atoms. The van der Waals surface area contributed by atoms with E-state index in [-0.39, 0.29) is 18.1 Å². The van der Waals surface area contributed by atoms with Crippen LogP contribution < -0.4 is 5.73 Å². The molecule has 0 aliphatic heterocycles. The number of halogens is 1. The first kappa shape index (κ1) is 15.0. The summed E-state index contributed by atoms with van der Waals surface area (Å²) in [5.41, 5.74) is 7.58. The van der Waals surface area contributed by atoms with Crippen molar-refractivity contribution >= 4 is 11.6 Å². The van der Waals surface area contributed by atoms with Gasteiger partial charge in [0.25, 0.3) is 0 Å². The average Bonchev–Trinajstić information content (AvgIpc) is 2.47. The molecule has 5 heteroatoms. The first-order chi connectivity index (χ1) is 10.1. The summed E-state index contributed by atoms with van der Waals surface area (Å²) in [5.74, 6) is -0.338. The quantitative estimate of drug-likeness (QED) is 0.918. The largest absolute Gasteiger partial charge is 0.397 e. The Bertz CT molecular complexity index is 613.